The second-order valence-corrected chi connectivity index (χ2v) is 6.52. The number of rotatable bonds is 6. The van der Waals surface area contributed by atoms with Crippen molar-refractivity contribution < 1.29 is 14.3 Å². The van der Waals surface area contributed by atoms with E-state index in [1.165, 1.54) is 0 Å². The van der Waals surface area contributed by atoms with E-state index in [0.717, 1.165) is 22.5 Å². The lowest BCUT2D eigenvalue weighted by atomic mass is 10.0. The van der Waals surface area contributed by atoms with Crippen LogP contribution in [0.15, 0.2) is 18.2 Å². The molecule has 1 atom stereocenters. The zero-order valence-corrected chi connectivity index (χ0v) is 16.6. The van der Waals surface area contributed by atoms with Crippen LogP contribution in [0, 0.1) is 13.8 Å². The number of nitrogens with two attached hydrogens (primary N) is 1. The first-order valence-electron chi connectivity index (χ1n) is 8.83. The first-order valence-corrected chi connectivity index (χ1v) is 8.83. The molecule has 2 aromatic heterocycles. The van der Waals surface area contributed by atoms with Crippen LogP contribution >= 0.6 is 0 Å². The summed E-state index contributed by atoms with van der Waals surface area (Å²) in [7, 11) is 3.19. The molecule has 3 N–H and O–H groups in total. The van der Waals surface area contributed by atoms with Crippen LogP contribution in [0.5, 0.6) is 11.5 Å². The van der Waals surface area contributed by atoms with Crippen LogP contribution in [-0.2, 0) is 11.2 Å². The van der Waals surface area contributed by atoms with Gasteiger partial charge < -0.3 is 20.5 Å². The number of nitrogens with one attached hydrogen (secondary N) is 1. The van der Waals surface area contributed by atoms with E-state index >= 15 is 0 Å². The molecule has 0 spiro atoms. The molecular formula is C19H24N6O3. The number of carbonyl (C=O) groups excluding carboxylic acids is 1. The Kier molecular flexibility index (Phi) is 5.34. The van der Waals surface area contributed by atoms with Crippen molar-refractivity contribution in [2.45, 2.75) is 33.2 Å². The highest BCUT2D eigenvalue weighted by Gasteiger charge is 2.19. The minimum Gasteiger partial charge on any atom is -0.497 e. The predicted octanol–water partition coefficient (Wildman–Crippen LogP) is 1.76. The van der Waals surface area contributed by atoms with Crippen LogP contribution in [0.25, 0.3) is 5.78 Å². The third kappa shape index (κ3) is 3.68. The molecule has 1 unspecified atom stereocenters. The van der Waals surface area contributed by atoms with Gasteiger partial charge in [0.25, 0.3) is 5.78 Å². The van der Waals surface area contributed by atoms with Crippen LogP contribution in [0.2, 0.25) is 0 Å². The summed E-state index contributed by atoms with van der Waals surface area (Å²) in [6, 6.07) is 5.22. The van der Waals surface area contributed by atoms with E-state index in [1.807, 2.05) is 39.0 Å². The Morgan fingerprint density at radius 3 is 2.68 bits per heavy atom. The molecule has 2 heterocycles. The van der Waals surface area contributed by atoms with Crippen LogP contribution in [-0.4, -0.2) is 39.7 Å². The quantitative estimate of drug-likeness (QED) is 0.665. The number of amides is 1. The third-order valence-corrected chi connectivity index (χ3v) is 4.68. The molecule has 0 bridgehead atoms. The second-order valence-electron chi connectivity index (χ2n) is 6.52. The van der Waals surface area contributed by atoms with Gasteiger partial charge >= 0.3 is 0 Å². The lowest BCUT2D eigenvalue weighted by Gasteiger charge is -2.19. The second kappa shape index (κ2) is 7.71. The Balaban J connectivity index is 1.82. The lowest BCUT2D eigenvalue weighted by Crippen LogP contribution is -2.29. The molecule has 1 amide bonds. The number of anilines is 1. The summed E-state index contributed by atoms with van der Waals surface area (Å²) in [5.74, 6) is 1.81. The summed E-state index contributed by atoms with van der Waals surface area (Å²) in [5.41, 5.74) is 8.79. The van der Waals surface area contributed by atoms with E-state index < -0.39 is 0 Å². The molecule has 148 valence electrons. The van der Waals surface area contributed by atoms with Gasteiger partial charge in [-0.2, -0.15) is 9.50 Å². The van der Waals surface area contributed by atoms with Crippen molar-refractivity contribution >= 4 is 17.6 Å². The molecule has 0 saturated heterocycles. The van der Waals surface area contributed by atoms with E-state index in [-0.39, 0.29) is 24.3 Å². The molecule has 3 rings (SSSR count). The van der Waals surface area contributed by atoms with E-state index in [2.05, 4.69) is 20.4 Å². The highest BCUT2D eigenvalue weighted by Crippen LogP contribution is 2.29. The minimum atomic E-state index is -0.267. The number of methoxy groups -OCH3 is 2. The van der Waals surface area contributed by atoms with Crippen LogP contribution in [0.1, 0.15) is 35.5 Å². The highest BCUT2D eigenvalue weighted by atomic mass is 16.5. The van der Waals surface area contributed by atoms with Gasteiger partial charge in [0.05, 0.1) is 26.7 Å². The van der Waals surface area contributed by atoms with Gasteiger partial charge in [-0.3, -0.25) is 4.79 Å². The lowest BCUT2D eigenvalue weighted by molar-refractivity contribution is -0.121. The Morgan fingerprint density at radius 2 is 2.00 bits per heavy atom. The van der Waals surface area contributed by atoms with Gasteiger partial charge in [0, 0.05) is 22.5 Å². The normalized spacial score (nSPS) is 12.0. The van der Waals surface area contributed by atoms with Crippen molar-refractivity contribution in [1.82, 2.24) is 24.9 Å². The topological polar surface area (TPSA) is 117 Å². The summed E-state index contributed by atoms with van der Waals surface area (Å²) < 4.78 is 12.2. The number of aromatic nitrogens is 4. The number of hydrogen-bond acceptors (Lipinski definition) is 7. The minimum absolute atomic E-state index is 0.141. The number of fused-ring (bicyclic) bond motifs is 1. The maximum Gasteiger partial charge on any atom is 0.254 e. The molecule has 0 saturated carbocycles. The molecular weight excluding hydrogens is 360 g/mol. The summed E-state index contributed by atoms with van der Waals surface area (Å²) in [6.07, 6.45) is 0.164. The number of ether oxygens (including phenoxy) is 2. The zero-order valence-electron chi connectivity index (χ0n) is 16.6. The maximum atomic E-state index is 12.7. The number of carbonyl (C=O) groups is 1. The van der Waals surface area contributed by atoms with Gasteiger partial charge in [0.2, 0.25) is 11.9 Å². The van der Waals surface area contributed by atoms with E-state index in [9.17, 15) is 4.79 Å². The summed E-state index contributed by atoms with van der Waals surface area (Å²) in [4.78, 5) is 21.2. The Bertz CT molecular complexity index is 1030. The molecule has 0 radical (unpaired) electrons. The van der Waals surface area contributed by atoms with Crippen LogP contribution < -0.4 is 20.5 Å². The monoisotopic (exact) mass is 384 g/mol. The summed E-state index contributed by atoms with van der Waals surface area (Å²) >= 11 is 0. The summed E-state index contributed by atoms with van der Waals surface area (Å²) in [6.45, 7) is 5.61. The van der Waals surface area contributed by atoms with E-state index in [1.54, 1.807) is 18.7 Å². The Hall–Kier alpha value is -3.36. The number of hydrogen-bond donors (Lipinski definition) is 2. The third-order valence-electron chi connectivity index (χ3n) is 4.68. The van der Waals surface area contributed by atoms with Gasteiger partial charge in [-0.15, -0.1) is 5.10 Å². The first-order chi connectivity index (χ1) is 13.3. The zero-order chi connectivity index (χ0) is 20.4. The number of aryl methyl sites for hydroxylation is 2. The maximum absolute atomic E-state index is 12.7. The molecule has 9 nitrogen and oxygen atoms in total. The van der Waals surface area contributed by atoms with Crippen molar-refractivity contribution in [3.63, 3.8) is 0 Å². The van der Waals surface area contributed by atoms with Crippen molar-refractivity contribution in [3.8, 4) is 11.5 Å². The molecule has 28 heavy (non-hydrogen) atoms. The van der Waals surface area contributed by atoms with Gasteiger partial charge in [-0.05, 0) is 39.0 Å². The molecule has 3 aromatic rings. The average molecular weight is 384 g/mol. The first kappa shape index (κ1) is 19.4. The standard InChI is InChI=1S/C19H24N6O3/c1-10-14(12(3)25-19(22-10)23-18(20)24-25)9-17(26)21-11(2)15-8-13(27-4)6-7-16(15)28-5/h6-8,11H,9H2,1-5H3,(H2,20,24)(H,21,26). The summed E-state index contributed by atoms with van der Waals surface area (Å²) in [5, 5.41) is 7.14. The molecule has 0 fully saturated rings. The largest absolute Gasteiger partial charge is 0.497 e. The van der Waals surface area contributed by atoms with Gasteiger partial charge in [-0.25, -0.2) is 4.98 Å². The van der Waals surface area contributed by atoms with Gasteiger partial charge in [-0.1, -0.05) is 0 Å². The molecule has 9 heteroatoms. The number of nitrogen functional groups attached to an aromatic ring is 1. The number of nitrogens with zero attached hydrogens (tertiary/aromatic N) is 4. The number of benzene rings is 1. The fraction of sp³-hybridized carbons (Fsp3) is 0.368. The van der Waals surface area contributed by atoms with Crippen molar-refractivity contribution in [2.24, 2.45) is 0 Å². The molecule has 0 aliphatic rings. The van der Waals surface area contributed by atoms with Crippen LogP contribution in [0.3, 0.4) is 0 Å². The van der Waals surface area contributed by atoms with Crippen molar-refractivity contribution in [2.75, 3.05) is 20.0 Å². The molecule has 1 aromatic carbocycles. The van der Waals surface area contributed by atoms with Crippen molar-refractivity contribution in [3.05, 3.63) is 40.7 Å². The Morgan fingerprint density at radius 1 is 1.25 bits per heavy atom. The molecule has 0 aliphatic heterocycles. The Labute approximate surface area is 162 Å². The van der Waals surface area contributed by atoms with Crippen LogP contribution in [0.4, 0.5) is 5.95 Å². The van der Waals surface area contributed by atoms with E-state index in [0.29, 0.717) is 17.3 Å². The molecule has 0 aliphatic carbocycles. The fourth-order valence-electron chi connectivity index (χ4n) is 3.19. The van der Waals surface area contributed by atoms with Gasteiger partial charge in [0.1, 0.15) is 11.5 Å². The SMILES string of the molecule is COc1ccc(OC)c(C(C)NC(=O)Cc2c(C)nc3nc(N)nn3c2C)c1. The van der Waals surface area contributed by atoms with Gasteiger partial charge in [0.15, 0.2) is 0 Å². The highest BCUT2D eigenvalue weighted by molar-refractivity contribution is 5.79. The average Bonchev–Trinajstić information content (AvgIpc) is 3.04. The fourth-order valence-corrected chi connectivity index (χ4v) is 3.19. The predicted molar refractivity (Wildman–Crippen MR) is 104 cm³/mol. The van der Waals surface area contributed by atoms with E-state index in [4.69, 9.17) is 15.2 Å². The smallest absolute Gasteiger partial charge is 0.254 e. The van der Waals surface area contributed by atoms with Crippen molar-refractivity contribution in [1.29, 1.82) is 0 Å².